The lowest BCUT2D eigenvalue weighted by Crippen LogP contribution is -2.27. The number of fused-ring (bicyclic) bond motifs is 1. The summed E-state index contributed by atoms with van der Waals surface area (Å²) in [6.45, 7) is 1.26. The lowest BCUT2D eigenvalue weighted by molar-refractivity contribution is 0.0509. The van der Waals surface area contributed by atoms with E-state index < -0.39 is 24.2 Å². The number of benzene rings is 5. The zero-order valence-electron chi connectivity index (χ0n) is 28.7. The fourth-order valence-corrected chi connectivity index (χ4v) is 6.00. The molecule has 11 heteroatoms. The van der Waals surface area contributed by atoms with Crippen LogP contribution in [0.1, 0.15) is 55.9 Å². The third-order valence-corrected chi connectivity index (χ3v) is 8.77. The molecule has 1 amide bonds. The van der Waals surface area contributed by atoms with E-state index in [1.807, 2.05) is 78.9 Å². The minimum atomic E-state index is -1.12. The molecule has 5 aromatic carbocycles. The van der Waals surface area contributed by atoms with Crippen molar-refractivity contribution < 1.29 is 34.4 Å². The largest absolute Gasteiger partial charge is 0.506 e. The van der Waals surface area contributed by atoms with E-state index in [-0.39, 0.29) is 31.1 Å². The Kier molecular flexibility index (Phi) is 11.8. The predicted molar refractivity (Wildman–Crippen MR) is 200 cm³/mol. The van der Waals surface area contributed by atoms with E-state index in [0.29, 0.717) is 40.7 Å². The number of carbonyl (C=O) groups is 2. The molecule has 2 atom stereocenters. The highest BCUT2D eigenvalue weighted by molar-refractivity contribution is 5.89. The van der Waals surface area contributed by atoms with Crippen LogP contribution in [0.25, 0.3) is 10.9 Å². The molecule has 6 N–H and O–H groups in total. The number of aromatic amines is 1. The maximum absolute atomic E-state index is 12.7. The van der Waals surface area contributed by atoms with Crippen LogP contribution < -0.4 is 20.9 Å². The van der Waals surface area contributed by atoms with E-state index in [0.717, 1.165) is 27.8 Å². The number of hydrogen-bond acceptors (Lipinski definition) is 8. The molecule has 1 aromatic heterocycles. The number of aromatic nitrogens is 1. The van der Waals surface area contributed by atoms with Crippen LogP contribution in [0.15, 0.2) is 132 Å². The summed E-state index contributed by atoms with van der Waals surface area (Å²) < 4.78 is 11.5. The fourth-order valence-electron chi connectivity index (χ4n) is 6.00. The van der Waals surface area contributed by atoms with Crippen LogP contribution in [0.5, 0.6) is 11.5 Å². The number of H-pyrrole nitrogens is 1. The van der Waals surface area contributed by atoms with Gasteiger partial charge in [-0.15, -0.1) is 0 Å². The number of pyridine rings is 1. The van der Waals surface area contributed by atoms with E-state index in [1.165, 1.54) is 12.1 Å². The average Bonchev–Trinajstić information content (AvgIpc) is 3.17. The second-order valence-electron chi connectivity index (χ2n) is 12.5. The van der Waals surface area contributed by atoms with Gasteiger partial charge in [-0.05, 0) is 69.8 Å². The van der Waals surface area contributed by atoms with E-state index in [9.17, 15) is 29.7 Å². The number of rotatable bonds is 15. The predicted octanol–water partition coefficient (Wildman–Crippen LogP) is 6.39. The number of carboxylic acid groups (broad SMARTS) is 1. The first-order chi connectivity index (χ1) is 25.7. The van der Waals surface area contributed by atoms with Gasteiger partial charge in [-0.1, -0.05) is 84.9 Å². The van der Waals surface area contributed by atoms with Gasteiger partial charge in [-0.25, -0.2) is 9.59 Å². The van der Waals surface area contributed by atoms with Crippen molar-refractivity contribution in [1.29, 1.82) is 0 Å². The summed E-state index contributed by atoms with van der Waals surface area (Å²) in [4.78, 5) is 38.5. The number of aliphatic hydroxyl groups excluding tert-OH is 1. The summed E-state index contributed by atoms with van der Waals surface area (Å²) in [5, 5.41) is 36.7. The summed E-state index contributed by atoms with van der Waals surface area (Å²) in [7, 11) is 0. The lowest BCUT2D eigenvalue weighted by Gasteiger charge is -2.19. The van der Waals surface area contributed by atoms with Gasteiger partial charge in [0.25, 0.3) is 0 Å². The zero-order chi connectivity index (χ0) is 37.2. The van der Waals surface area contributed by atoms with Crippen molar-refractivity contribution >= 4 is 23.0 Å². The maximum atomic E-state index is 12.7. The molecule has 6 aromatic rings. The Morgan fingerprint density at radius 1 is 0.774 bits per heavy atom. The Morgan fingerprint density at radius 3 is 2.25 bits per heavy atom. The first-order valence-electron chi connectivity index (χ1n) is 17.1. The topological polar surface area (TPSA) is 170 Å². The van der Waals surface area contributed by atoms with Gasteiger partial charge < -0.3 is 40.4 Å². The standard InChI is InChI=1S/C42H39N3O8/c46-36-19-17-34(35-18-20-38(48)44-40(35)36)37(47)25-43-24-28-11-9-27(10-12-28)21-22-52-41(49)31-15-13-29(14-16-31)26-53-33-8-4-7-32(23-33)39(45-42(50)51)30-5-2-1-3-6-30/h1-20,23,37,39,43,45-47H,21-22,24-26H2,(H,44,48)(H,50,51). The number of ether oxygens (including phenoxy) is 2. The number of aliphatic hydroxyl groups is 1. The molecule has 0 bridgehead atoms. The van der Waals surface area contributed by atoms with Gasteiger partial charge >= 0.3 is 12.1 Å². The minimum Gasteiger partial charge on any atom is -0.506 e. The number of aromatic hydroxyl groups is 1. The smallest absolute Gasteiger partial charge is 0.405 e. The van der Waals surface area contributed by atoms with Gasteiger partial charge in [0.2, 0.25) is 5.56 Å². The van der Waals surface area contributed by atoms with E-state index in [2.05, 4.69) is 15.6 Å². The molecule has 0 spiro atoms. The number of esters is 1. The average molecular weight is 714 g/mol. The number of phenolic OH excluding ortho intramolecular Hbond substituents is 1. The third kappa shape index (κ3) is 9.67. The second-order valence-corrected chi connectivity index (χ2v) is 12.5. The normalized spacial score (nSPS) is 12.2. The van der Waals surface area contributed by atoms with Crippen molar-refractivity contribution in [2.24, 2.45) is 0 Å². The highest BCUT2D eigenvalue weighted by Crippen LogP contribution is 2.29. The third-order valence-electron chi connectivity index (χ3n) is 8.77. The van der Waals surface area contributed by atoms with Crippen LogP contribution in [0.3, 0.4) is 0 Å². The van der Waals surface area contributed by atoms with Crippen LogP contribution in [0.4, 0.5) is 4.79 Å². The molecule has 1 heterocycles. The van der Waals surface area contributed by atoms with Gasteiger partial charge in [0.1, 0.15) is 18.1 Å². The van der Waals surface area contributed by atoms with Crippen molar-refractivity contribution in [3.8, 4) is 11.5 Å². The zero-order valence-corrected chi connectivity index (χ0v) is 28.7. The molecule has 53 heavy (non-hydrogen) atoms. The van der Waals surface area contributed by atoms with E-state index >= 15 is 0 Å². The number of amides is 1. The van der Waals surface area contributed by atoms with Gasteiger partial charge in [0, 0.05) is 31.0 Å². The molecule has 0 saturated carbocycles. The molecule has 2 unspecified atom stereocenters. The minimum absolute atomic E-state index is 0.0545. The van der Waals surface area contributed by atoms with Crippen molar-refractivity contribution in [3.05, 3.63) is 177 Å². The number of carbonyl (C=O) groups excluding carboxylic acids is 1. The molecular weight excluding hydrogens is 674 g/mol. The molecule has 0 aliphatic rings. The summed E-state index contributed by atoms with van der Waals surface area (Å²) in [6.07, 6.45) is -1.43. The summed E-state index contributed by atoms with van der Waals surface area (Å²) in [5.74, 6) is 0.110. The van der Waals surface area contributed by atoms with Crippen molar-refractivity contribution in [3.63, 3.8) is 0 Å². The van der Waals surface area contributed by atoms with Gasteiger partial charge in [-0.2, -0.15) is 0 Å². The Hall–Kier alpha value is -6.43. The molecule has 11 nitrogen and oxygen atoms in total. The molecule has 0 aliphatic heterocycles. The molecule has 0 saturated heterocycles. The van der Waals surface area contributed by atoms with Gasteiger partial charge in [0.05, 0.1) is 29.8 Å². The maximum Gasteiger partial charge on any atom is 0.405 e. The first kappa shape index (κ1) is 36.4. The molecule has 0 radical (unpaired) electrons. The molecule has 270 valence electrons. The molecule has 0 aliphatic carbocycles. The Bertz CT molecular complexity index is 2220. The van der Waals surface area contributed by atoms with Gasteiger partial charge in [-0.3, -0.25) is 4.79 Å². The van der Waals surface area contributed by atoms with Crippen LogP contribution in [-0.4, -0.2) is 45.5 Å². The van der Waals surface area contributed by atoms with Crippen LogP contribution >= 0.6 is 0 Å². The Labute approximate surface area is 305 Å². The molecular formula is C42H39N3O8. The van der Waals surface area contributed by atoms with E-state index in [4.69, 9.17) is 9.47 Å². The lowest BCUT2D eigenvalue weighted by atomic mass is 9.98. The van der Waals surface area contributed by atoms with Crippen molar-refractivity contribution in [1.82, 2.24) is 15.6 Å². The number of phenols is 1. The summed E-state index contributed by atoms with van der Waals surface area (Å²) >= 11 is 0. The number of hydrogen-bond donors (Lipinski definition) is 6. The van der Waals surface area contributed by atoms with Crippen LogP contribution in [-0.2, 0) is 24.3 Å². The highest BCUT2D eigenvalue weighted by Gasteiger charge is 2.17. The monoisotopic (exact) mass is 713 g/mol. The summed E-state index contributed by atoms with van der Waals surface area (Å²) in [5.41, 5.74) is 5.43. The van der Waals surface area contributed by atoms with Crippen LogP contribution in [0.2, 0.25) is 0 Å². The van der Waals surface area contributed by atoms with Gasteiger partial charge in [0.15, 0.2) is 0 Å². The Morgan fingerprint density at radius 2 is 1.49 bits per heavy atom. The van der Waals surface area contributed by atoms with Crippen molar-refractivity contribution in [2.45, 2.75) is 31.7 Å². The quantitative estimate of drug-likeness (QED) is 0.0660. The van der Waals surface area contributed by atoms with Crippen molar-refractivity contribution in [2.75, 3.05) is 13.2 Å². The molecule has 0 fully saturated rings. The first-order valence-corrected chi connectivity index (χ1v) is 17.1. The van der Waals surface area contributed by atoms with E-state index in [1.54, 1.807) is 36.4 Å². The van der Waals surface area contributed by atoms with Crippen LogP contribution in [0, 0.1) is 0 Å². The number of nitrogens with one attached hydrogen (secondary N) is 3. The SMILES string of the molecule is O=C(O)NC(c1ccccc1)c1cccc(OCc2ccc(C(=O)OCCc3ccc(CNCC(O)c4ccc(O)c5[nH]c(=O)ccc45)cc3)cc2)c1. The second kappa shape index (κ2) is 17.2. The fraction of sp³-hybridized carbons (Fsp3) is 0.167. The highest BCUT2D eigenvalue weighted by atomic mass is 16.5. The Balaban J connectivity index is 0.934. The summed E-state index contributed by atoms with van der Waals surface area (Å²) in [6, 6.07) is 37.0. The molecule has 6 rings (SSSR count).